The van der Waals surface area contributed by atoms with Gasteiger partial charge in [0.2, 0.25) is 0 Å². The monoisotopic (exact) mass is 288 g/mol. The van der Waals surface area contributed by atoms with Gasteiger partial charge >= 0.3 is 0 Å². The average Bonchev–Trinajstić information content (AvgIpc) is 3.04. The first-order chi connectivity index (χ1) is 9.65. The summed E-state index contributed by atoms with van der Waals surface area (Å²) in [5, 5.41) is 15.1. The van der Waals surface area contributed by atoms with Crippen LogP contribution in [0.5, 0.6) is 0 Å². The maximum absolute atomic E-state index is 12.2. The fourth-order valence-electron chi connectivity index (χ4n) is 1.85. The molecule has 0 aliphatic carbocycles. The van der Waals surface area contributed by atoms with Crippen LogP contribution in [0, 0.1) is 0 Å². The first-order valence-corrected chi connectivity index (χ1v) is 6.94. The second-order valence-electron chi connectivity index (χ2n) is 4.35. The van der Waals surface area contributed by atoms with Crippen molar-refractivity contribution in [3.05, 3.63) is 47.2 Å². The molecule has 0 saturated heterocycles. The molecule has 0 fully saturated rings. The fraction of sp³-hybridized carbons (Fsp3) is 0.143. The van der Waals surface area contributed by atoms with Gasteiger partial charge in [-0.2, -0.15) is 0 Å². The number of rotatable bonds is 3. The Bertz CT molecular complexity index is 760. The van der Waals surface area contributed by atoms with Gasteiger partial charge in [0.1, 0.15) is 11.8 Å². The lowest BCUT2D eigenvalue weighted by atomic mass is 10.2. The largest absolute Gasteiger partial charge is 0.463 e. The van der Waals surface area contributed by atoms with E-state index in [4.69, 9.17) is 4.42 Å². The van der Waals surface area contributed by atoms with Crippen LogP contribution in [0.4, 0.5) is 5.13 Å². The second kappa shape index (κ2) is 5.07. The highest BCUT2D eigenvalue weighted by Gasteiger charge is 2.15. The van der Waals surface area contributed by atoms with Crippen LogP contribution in [0.15, 0.2) is 40.3 Å². The molecular formula is C14H12N2O3S. The Balaban J connectivity index is 1.85. The van der Waals surface area contributed by atoms with E-state index in [1.165, 1.54) is 17.6 Å². The summed E-state index contributed by atoms with van der Waals surface area (Å²) in [6.45, 7) is 1.63. The lowest BCUT2D eigenvalue weighted by Crippen LogP contribution is -2.11. The van der Waals surface area contributed by atoms with Crippen molar-refractivity contribution in [1.29, 1.82) is 0 Å². The van der Waals surface area contributed by atoms with Gasteiger partial charge in [-0.25, -0.2) is 4.98 Å². The Morgan fingerprint density at radius 2 is 2.25 bits per heavy atom. The number of hydrogen-bond acceptors (Lipinski definition) is 5. The number of furan rings is 1. The highest BCUT2D eigenvalue weighted by molar-refractivity contribution is 7.14. The number of carbonyl (C=O) groups is 1. The molecule has 102 valence electrons. The van der Waals surface area contributed by atoms with Crippen molar-refractivity contribution >= 4 is 33.3 Å². The third-order valence-electron chi connectivity index (χ3n) is 2.90. The Morgan fingerprint density at radius 1 is 1.45 bits per heavy atom. The van der Waals surface area contributed by atoms with Gasteiger partial charge in [0.05, 0.1) is 17.4 Å². The summed E-state index contributed by atoms with van der Waals surface area (Å²) in [4.78, 5) is 16.3. The third-order valence-corrected chi connectivity index (χ3v) is 3.67. The Kier molecular flexibility index (Phi) is 3.25. The van der Waals surface area contributed by atoms with Gasteiger partial charge in [-0.1, -0.05) is 18.2 Å². The number of aromatic nitrogens is 1. The van der Waals surface area contributed by atoms with Crippen LogP contribution in [0.3, 0.4) is 0 Å². The van der Waals surface area contributed by atoms with Gasteiger partial charge in [0, 0.05) is 10.8 Å². The van der Waals surface area contributed by atoms with Crippen LogP contribution in [0.25, 0.3) is 11.0 Å². The van der Waals surface area contributed by atoms with Crippen molar-refractivity contribution in [1.82, 2.24) is 4.98 Å². The third kappa shape index (κ3) is 2.31. The number of para-hydroxylation sites is 1. The molecule has 1 atom stereocenters. The van der Waals surface area contributed by atoms with Crippen molar-refractivity contribution in [3.63, 3.8) is 0 Å². The molecule has 1 amide bonds. The first-order valence-electron chi connectivity index (χ1n) is 6.06. The van der Waals surface area contributed by atoms with Crippen molar-refractivity contribution < 1.29 is 14.3 Å². The molecular weight excluding hydrogens is 276 g/mol. The molecule has 3 rings (SSSR count). The number of nitrogens with zero attached hydrogens (tertiary/aromatic N) is 1. The van der Waals surface area contributed by atoms with Gasteiger partial charge in [0.15, 0.2) is 5.13 Å². The van der Waals surface area contributed by atoms with Gasteiger partial charge in [-0.15, -0.1) is 11.3 Å². The number of benzene rings is 1. The fourth-order valence-corrected chi connectivity index (χ4v) is 2.65. The van der Waals surface area contributed by atoms with Gasteiger partial charge < -0.3 is 9.52 Å². The Morgan fingerprint density at radius 3 is 3.00 bits per heavy atom. The predicted molar refractivity (Wildman–Crippen MR) is 76.9 cm³/mol. The van der Waals surface area contributed by atoms with E-state index >= 15 is 0 Å². The average molecular weight is 288 g/mol. The van der Waals surface area contributed by atoms with Crippen LogP contribution >= 0.6 is 11.3 Å². The van der Waals surface area contributed by atoms with Crippen LogP contribution in [0.2, 0.25) is 0 Å². The van der Waals surface area contributed by atoms with E-state index in [9.17, 15) is 9.90 Å². The molecule has 0 aliphatic heterocycles. The lowest BCUT2D eigenvalue weighted by Gasteiger charge is -2.00. The van der Waals surface area contributed by atoms with Gasteiger partial charge in [-0.05, 0) is 13.0 Å². The predicted octanol–water partition coefficient (Wildman–Crippen LogP) is 3.19. The molecule has 3 aromatic rings. The lowest BCUT2D eigenvalue weighted by molar-refractivity contribution is 0.102. The number of hydrogen-bond donors (Lipinski definition) is 2. The van der Waals surface area contributed by atoms with Crippen molar-refractivity contribution in [3.8, 4) is 0 Å². The molecule has 1 unspecified atom stereocenters. The Hall–Kier alpha value is -2.18. The minimum Gasteiger partial charge on any atom is -0.463 e. The van der Waals surface area contributed by atoms with Crippen molar-refractivity contribution in [2.75, 3.05) is 5.32 Å². The summed E-state index contributed by atoms with van der Waals surface area (Å²) in [6.07, 6.45) is 0.787. The molecule has 0 radical (unpaired) electrons. The Labute approximate surface area is 118 Å². The molecule has 0 saturated carbocycles. The molecule has 5 nitrogen and oxygen atoms in total. The number of anilines is 1. The highest BCUT2D eigenvalue weighted by atomic mass is 32.1. The minimum absolute atomic E-state index is 0.276. The second-order valence-corrected chi connectivity index (χ2v) is 5.21. The quantitative estimate of drug-likeness (QED) is 0.776. The number of aliphatic hydroxyl groups excluding tert-OH is 1. The maximum atomic E-state index is 12.2. The minimum atomic E-state index is -0.647. The normalized spacial score (nSPS) is 12.5. The summed E-state index contributed by atoms with van der Waals surface area (Å²) < 4.78 is 5.33. The molecule has 2 N–H and O–H groups in total. The van der Waals surface area contributed by atoms with E-state index in [1.807, 2.05) is 18.2 Å². The number of amides is 1. The summed E-state index contributed by atoms with van der Waals surface area (Å²) in [5.41, 5.74) is 1.68. The SMILES string of the molecule is CC(O)c1csc(NC(=O)c2coc3ccccc23)n1. The zero-order valence-corrected chi connectivity index (χ0v) is 11.5. The molecule has 20 heavy (non-hydrogen) atoms. The van der Waals surface area contributed by atoms with Gasteiger partial charge in [-0.3, -0.25) is 10.1 Å². The van der Waals surface area contributed by atoms with E-state index < -0.39 is 6.10 Å². The van der Waals surface area contributed by atoms with Crippen LogP contribution in [-0.4, -0.2) is 16.0 Å². The molecule has 0 spiro atoms. The number of aliphatic hydroxyl groups is 1. The number of thiazole rings is 1. The topological polar surface area (TPSA) is 75.4 Å². The number of fused-ring (bicyclic) bond motifs is 1. The van der Waals surface area contributed by atoms with E-state index in [1.54, 1.807) is 18.4 Å². The van der Waals surface area contributed by atoms with E-state index in [0.717, 1.165) is 5.39 Å². The van der Waals surface area contributed by atoms with Crippen LogP contribution in [0.1, 0.15) is 29.1 Å². The molecule has 2 aromatic heterocycles. The van der Waals surface area contributed by atoms with Crippen LogP contribution in [-0.2, 0) is 0 Å². The standard InChI is InChI=1S/C14H12N2O3S/c1-8(17)11-7-20-14(15-11)16-13(18)10-6-19-12-5-3-2-4-9(10)12/h2-8,17H,1H3,(H,15,16,18). The summed E-state index contributed by atoms with van der Waals surface area (Å²) in [5.74, 6) is -0.276. The number of carbonyl (C=O) groups excluding carboxylic acids is 1. The van der Waals surface area contributed by atoms with Gasteiger partial charge in [0.25, 0.3) is 5.91 Å². The summed E-state index contributed by atoms with van der Waals surface area (Å²) in [6, 6.07) is 7.34. The zero-order valence-electron chi connectivity index (χ0n) is 10.7. The van der Waals surface area contributed by atoms with Crippen LogP contribution < -0.4 is 5.32 Å². The highest BCUT2D eigenvalue weighted by Crippen LogP contribution is 2.24. The molecule has 1 aromatic carbocycles. The van der Waals surface area contributed by atoms with E-state index in [-0.39, 0.29) is 5.91 Å². The first kappa shape index (κ1) is 12.8. The van der Waals surface area contributed by atoms with E-state index in [2.05, 4.69) is 10.3 Å². The maximum Gasteiger partial charge on any atom is 0.261 e. The summed E-state index contributed by atoms with van der Waals surface area (Å²) >= 11 is 1.28. The molecule has 2 heterocycles. The summed E-state index contributed by atoms with van der Waals surface area (Å²) in [7, 11) is 0. The van der Waals surface area contributed by atoms with Crippen molar-refractivity contribution in [2.45, 2.75) is 13.0 Å². The molecule has 0 aliphatic rings. The number of nitrogens with one attached hydrogen (secondary N) is 1. The van der Waals surface area contributed by atoms with E-state index in [0.29, 0.717) is 22.0 Å². The molecule has 0 bridgehead atoms. The molecule has 6 heteroatoms. The van der Waals surface area contributed by atoms with Crippen molar-refractivity contribution in [2.24, 2.45) is 0 Å². The smallest absolute Gasteiger partial charge is 0.261 e. The zero-order chi connectivity index (χ0) is 14.1.